The molecule has 0 amide bonds. The van der Waals surface area contributed by atoms with Crippen LogP contribution in [0.4, 0.5) is 11.4 Å². The Labute approximate surface area is 201 Å². The number of hydrogen-bond donors (Lipinski definition) is 0. The third-order valence-corrected chi connectivity index (χ3v) is 7.00. The summed E-state index contributed by atoms with van der Waals surface area (Å²) in [4.78, 5) is 22.3. The van der Waals surface area contributed by atoms with Gasteiger partial charge in [0, 0.05) is 19.2 Å². The van der Waals surface area contributed by atoms with E-state index < -0.39 is 27.5 Å². The molecule has 0 unspecified atom stereocenters. The minimum atomic E-state index is -3.79. The monoisotopic (exact) mass is 492 g/mol. The molecular weight excluding hydrogens is 472 g/mol. The van der Waals surface area contributed by atoms with Gasteiger partial charge in [0.25, 0.3) is 15.7 Å². The molecular formula is C25H20N2O7S. The number of non-ortho nitro benzene ring substituents is 1. The lowest BCUT2D eigenvalue weighted by Gasteiger charge is -2.20. The second kappa shape index (κ2) is 9.82. The van der Waals surface area contributed by atoms with E-state index in [1.165, 1.54) is 35.6 Å². The fourth-order valence-electron chi connectivity index (χ4n) is 3.32. The predicted molar refractivity (Wildman–Crippen MR) is 130 cm³/mol. The molecule has 0 aliphatic carbocycles. The average Bonchev–Trinajstić information content (AvgIpc) is 2.87. The zero-order valence-electron chi connectivity index (χ0n) is 18.5. The van der Waals surface area contributed by atoms with E-state index in [-0.39, 0.29) is 16.3 Å². The summed E-state index contributed by atoms with van der Waals surface area (Å²) in [5.41, 5.74) is 0.299. The summed E-state index contributed by atoms with van der Waals surface area (Å²) in [6.07, 6.45) is 0. The Morgan fingerprint density at radius 3 is 2.17 bits per heavy atom. The smallest absolute Gasteiger partial charge is 0.349 e. The number of nitro benzene ring substituents is 1. The third-order valence-electron chi connectivity index (χ3n) is 5.22. The Balaban J connectivity index is 1.38. The van der Waals surface area contributed by atoms with Crippen LogP contribution in [0.15, 0.2) is 95.9 Å². The molecule has 0 aliphatic rings. The number of carbonyl (C=O) groups excluding carboxylic acids is 1. The first-order chi connectivity index (χ1) is 16.7. The van der Waals surface area contributed by atoms with Crippen molar-refractivity contribution in [3.63, 3.8) is 0 Å². The van der Waals surface area contributed by atoms with Crippen molar-refractivity contribution in [2.45, 2.75) is 4.90 Å². The molecule has 0 saturated carbocycles. The van der Waals surface area contributed by atoms with Crippen LogP contribution >= 0.6 is 0 Å². The molecule has 4 rings (SSSR count). The fourth-order valence-corrected chi connectivity index (χ4v) is 4.55. The van der Waals surface area contributed by atoms with E-state index >= 15 is 0 Å². The maximum atomic E-state index is 13.1. The first kappa shape index (κ1) is 23.7. The molecule has 4 aromatic rings. The minimum Gasteiger partial charge on any atom is -0.482 e. The highest BCUT2D eigenvalue weighted by atomic mass is 32.2. The first-order valence-electron chi connectivity index (χ1n) is 10.4. The zero-order valence-corrected chi connectivity index (χ0v) is 19.3. The van der Waals surface area contributed by atoms with Crippen LogP contribution in [-0.4, -0.2) is 33.0 Å². The Hall–Kier alpha value is -4.44. The van der Waals surface area contributed by atoms with Gasteiger partial charge in [-0.2, -0.15) is 0 Å². The quantitative estimate of drug-likeness (QED) is 0.153. The molecule has 0 N–H and O–H groups in total. The maximum absolute atomic E-state index is 13.1. The van der Waals surface area contributed by atoms with Crippen molar-refractivity contribution in [2.24, 2.45) is 0 Å². The molecule has 10 heteroatoms. The number of anilines is 1. The summed E-state index contributed by atoms with van der Waals surface area (Å²) in [5, 5.41) is 12.4. The lowest BCUT2D eigenvalue weighted by molar-refractivity contribution is -0.384. The van der Waals surface area contributed by atoms with Crippen molar-refractivity contribution in [1.82, 2.24) is 0 Å². The highest BCUT2D eigenvalue weighted by molar-refractivity contribution is 7.92. The summed E-state index contributed by atoms with van der Waals surface area (Å²) in [7, 11) is -2.33. The fraction of sp³-hybridized carbons (Fsp3) is 0.0800. The molecule has 0 saturated heterocycles. The van der Waals surface area contributed by atoms with Gasteiger partial charge in [-0.1, -0.05) is 30.3 Å². The molecule has 0 bridgehead atoms. The zero-order chi connectivity index (χ0) is 25.0. The highest BCUT2D eigenvalue weighted by Crippen LogP contribution is 2.26. The number of sulfonamides is 1. The number of rotatable bonds is 8. The van der Waals surface area contributed by atoms with Crippen LogP contribution in [0.2, 0.25) is 0 Å². The van der Waals surface area contributed by atoms with Gasteiger partial charge in [0.05, 0.1) is 15.5 Å². The SMILES string of the molecule is CN(c1ccc(OCC(=O)Oc2ccc([N+](=O)[O-])cc2)cc1)S(=O)(=O)c1ccc2ccccc2c1. The van der Waals surface area contributed by atoms with Crippen LogP contribution in [0.25, 0.3) is 10.8 Å². The van der Waals surface area contributed by atoms with Gasteiger partial charge in [-0.05, 0) is 59.3 Å². The topological polar surface area (TPSA) is 116 Å². The van der Waals surface area contributed by atoms with E-state index in [9.17, 15) is 23.3 Å². The van der Waals surface area contributed by atoms with Crippen molar-refractivity contribution in [3.05, 3.63) is 101 Å². The molecule has 0 atom stereocenters. The molecule has 35 heavy (non-hydrogen) atoms. The molecule has 9 nitrogen and oxygen atoms in total. The van der Waals surface area contributed by atoms with Crippen molar-refractivity contribution in [3.8, 4) is 11.5 Å². The normalized spacial score (nSPS) is 11.1. The second-order valence-corrected chi connectivity index (χ2v) is 9.46. The van der Waals surface area contributed by atoms with Gasteiger partial charge in [-0.3, -0.25) is 14.4 Å². The number of fused-ring (bicyclic) bond motifs is 1. The molecule has 0 spiro atoms. The summed E-state index contributed by atoms with van der Waals surface area (Å²) in [6, 6.07) is 23.8. The first-order valence-corrected chi connectivity index (χ1v) is 11.8. The van der Waals surface area contributed by atoms with E-state index in [0.717, 1.165) is 10.8 Å². The van der Waals surface area contributed by atoms with Crippen LogP contribution in [0, 0.1) is 10.1 Å². The largest absolute Gasteiger partial charge is 0.482 e. The van der Waals surface area contributed by atoms with Crippen molar-refractivity contribution in [2.75, 3.05) is 18.0 Å². The van der Waals surface area contributed by atoms with Crippen LogP contribution < -0.4 is 13.8 Å². The average molecular weight is 493 g/mol. The third kappa shape index (κ3) is 5.39. The highest BCUT2D eigenvalue weighted by Gasteiger charge is 2.21. The number of nitro groups is 1. The van der Waals surface area contributed by atoms with E-state index in [0.29, 0.717) is 11.4 Å². The van der Waals surface area contributed by atoms with E-state index in [1.54, 1.807) is 42.5 Å². The van der Waals surface area contributed by atoms with E-state index in [1.807, 2.05) is 24.3 Å². The molecule has 0 aliphatic heterocycles. The lowest BCUT2D eigenvalue weighted by atomic mass is 10.1. The Bertz CT molecular complexity index is 1480. The van der Waals surface area contributed by atoms with Crippen molar-refractivity contribution >= 4 is 38.1 Å². The van der Waals surface area contributed by atoms with Gasteiger partial charge in [-0.25, -0.2) is 13.2 Å². The van der Waals surface area contributed by atoms with Gasteiger partial charge < -0.3 is 9.47 Å². The van der Waals surface area contributed by atoms with E-state index in [4.69, 9.17) is 9.47 Å². The molecule has 178 valence electrons. The van der Waals surface area contributed by atoms with Crippen LogP contribution in [0.5, 0.6) is 11.5 Å². The van der Waals surface area contributed by atoms with E-state index in [2.05, 4.69) is 0 Å². The molecule has 0 aromatic heterocycles. The number of carbonyl (C=O) groups is 1. The standard InChI is InChI=1S/C25H20N2O7S/c1-26(35(31,32)24-15-6-18-4-2-3-5-19(18)16-24)20-7-11-22(12-8-20)33-17-25(28)34-23-13-9-21(10-14-23)27(29)30/h2-16H,17H2,1H3. The Morgan fingerprint density at radius 2 is 1.51 bits per heavy atom. The van der Waals surface area contributed by atoms with Gasteiger partial charge in [0.1, 0.15) is 11.5 Å². The molecule has 0 radical (unpaired) electrons. The summed E-state index contributed by atoms with van der Waals surface area (Å²) in [6.45, 7) is -0.401. The molecule has 4 aromatic carbocycles. The number of benzene rings is 4. The van der Waals surface area contributed by atoms with Gasteiger partial charge >= 0.3 is 5.97 Å². The number of esters is 1. The Morgan fingerprint density at radius 1 is 0.886 bits per heavy atom. The van der Waals surface area contributed by atoms with Crippen LogP contribution in [0.3, 0.4) is 0 Å². The summed E-state index contributed by atoms with van der Waals surface area (Å²) in [5.74, 6) is -0.204. The van der Waals surface area contributed by atoms with Gasteiger partial charge in [0.2, 0.25) is 0 Å². The molecule has 0 heterocycles. The van der Waals surface area contributed by atoms with Crippen molar-refractivity contribution < 1.29 is 27.6 Å². The van der Waals surface area contributed by atoms with Gasteiger partial charge in [0.15, 0.2) is 6.61 Å². The number of hydrogen-bond acceptors (Lipinski definition) is 7. The van der Waals surface area contributed by atoms with Crippen molar-refractivity contribution in [1.29, 1.82) is 0 Å². The Kier molecular flexibility index (Phi) is 6.65. The molecule has 0 fully saturated rings. The van der Waals surface area contributed by atoms with Gasteiger partial charge in [-0.15, -0.1) is 0 Å². The minimum absolute atomic E-state index is 0.117. The van der Waals surface area contributed by atoms with Crippen LogP contribution in [0.1, 0.15) is 0 Å². The maximum Gasteiger partial charge on any atom is 0.349 e. The number of ether oxygens (including phenoxy) is 2. The predicted octanol–water partition coefficient (Wildman–Crippen LogP) is 4.56. The summed E-state index contributed by atoms with van der Waals surface area (Å²) >= 11 is 0. The summed E-state index contributed by atoms with van der Waals surface area (Å²) < 4.78 is 37.9. The lowest BCUT2D eigenvalue weighted by Crippen LogP contribution is -2.26. The second-order valence-electron chi connectivity index (χ2n) is 7.49. The number of nitrogens with zero attached hydrogens (tertiary/aromatic N) is 2. The van der Waals surface area contributed by atoms with Crippen LogP contribution in [-0.2, 0) is 14.8 Å².